The van der Waals surface area contributed by atoms with Gasteiger partial charge in [-0.05, 0) is 58.2 Å². The van der Waals surface area contributed by atoms with Gasteiger partial charge in [0.2, 0.25) is 5.95 Å². The number of anilines is 1. The van der Waals surface area contributed by atoms with Gasteiger partial charge in [-0.3, -0.25) is 14.5 Å². The van der Waals surface area contributed by atoms with E-state index in [1.54, 1.807) is 39.2 Å². The van der Waals surface area contributed by atoms with Crippen molar-refractivity contribution in [3.05, 3.63) is 57.3 Å². The smallest absolute Gasteiger partial charge is 0.401 e. The van der Waals surface area contributed by atoms with Crippen LogP contribution in [0.4, 0.5) is 19.1 Å². The zero-order valence-corrected chi connectivity index (χ0v) is 28.1. The van der Waals surface area contributed by atoms with Crippen LogP contribution in [-0.2, 0) is 11.3 Å². The van der Waals surface area contributed by atoms with E-state index in [0.29, 0.717) is 84.4 Å². The van der Waals surface area contributed by atoms with Crippen molar-refractivity contribution >= 4 is 23.6 Å². The third-order valence-electron chi connectivity index (χ3n) is 9.19. The van der Waals surface area contributed by atoms with Crippen LogP contribution in [0.15, 0.2) is 34.2 Å². The normalized spacial score (nSPS) is 20.3. The Morgan fingerprint density at radius 1 is 1.08 bits per heavy atom. The number of aromatic amines is 1. The summed E-state index contributed by atoms with van der Waals surface area (Å²) in [6, 6.07) is 3.58. The lowest BCUT2D eigenvalue weighted by Crippen LogP contribution is -2.49. The van der Waals surface area contributed by atoms with Crippen LogP contribution in [0.2, 0.25) is 0 Å². The maximum Gasteiger partial charge on any atom is 0.401 e. The monoisotopic (exact) mass is 688 g/mol. The largest absolute Gasteiger partial charge is 0.448 e. The minimum atomic E-state index is -4.26. The molecule has 2 fully saturated rings. The number of alkyl halides is 3. The van der Waals surface area contributed by atoms with Crippen LogP contribution in [-0.4, -0.2) is 89.9 Å². The maximum atomic E-state index is 13.8. The number of ether oxygens (including phenoxy) is 3. The molecular formula is C33H39F3N6O5S. The standard InChI is InChI=1S/C33H39F3N6O5S/c1-19-13-26(48-4)25(30(44)40-19)17-37-29(43)23-14-24(21-15-38-31(39-16-21)42-9-11-45-12-10-42)28-27(20(23)2)46-32(3,47-28)22-5-7-41(8-6-22)18-33(34,35)36/h13-16,22H,5-12,17-18H2,1-4H3,(H,37,43)(H,40,44)/t32-/m0/s1. The number of pyridine rings is 1. The van der Waals surface area contributed by atoms with Gasteiger partial charge >= 0.3 is 6.18 Å². The van der Waals surface area contributed by atoms with Crippen LogP contribution in [0, 0.1) is 19.8 Å². The van der Waals surface area contributed by atoms with Crippen LogP contribution < -0.4 is 25.2 Å². The van der Waals surface area contributed by atoms with Crippen molar-refractivity contribution in [2.45, 2.75) is 57.0 Å². The number of hydrogen-bond acceptors (Lipinski definition) is 10. The number of aromatic nitrogens is 3. The Balaban J connectivity index is 1.31. The highest BCUT2D eigenvalue weighted by molar-refractivity contribution is 7.98. The Morgan fingerprint density at radius 2 is 1.75 bits per heavy atom. The molecule has 0 radical (unpaired) electrons. The number of nitrogens with one attached hydrogen (secondary N) is 2. The van der Waals surface area contributed by atoms with Gasteiger partial charge in [-0.15, -0.1) is 11.8 Å². The number of benzene rings is 1. The van der Waals surface area contributed by atoms with Crippen molar-refractivity contribution in [1.82, 2.24) is 25.2 Å². The molecule has 1 aromatic carbocycles. The molecule has 258 valence electrons. The molecule has 48 heavy (non-hydrogen) atoms. The summed E-state index contributed by atoms with van der Waals surface area (Å²) in [6.45, 7) is 7.46. The second kappa shape index (κ2) is 13.6. The molecule has 1 amide bonds. The van der Waals surface area contributed by atoms with Gasteiger partial charge < -0.3 is 29.4 Å². The van der Waals surface area contributed by atoms with E-state index in [-0.39, 0.29) is 31.1 Å². The van der Waals surface area contributed by atoms with Gasteiger partial charge in [0, 0.05) is 83.3 Å². The van der Waals surface area contributed by atoms with E-state index < -0.39 is 24.4 Å². The van der Waals surface area contributed by atoms with Gasteiger partial charge in [0.15, 0.2) is 11.5 Å². The van der Waals surface area contributed by atoms with E-state index in [1.807, 2.05) is 17.2 Å². The Morgan fingerprint density at radius 3 is 2.40 bits per heavy atom. The maximum absolute atomic E-state index is 13.8. The van der Waals surface area contributed by atoms with E-state index in [0.717, 1.165) is 10.6 Å². The first-order chi connectivity index (χ1) is 22.8. The summed E-state index contributed by atoms with van der Waals surface area (Å²) >= 11 is 1.43. The number of rotatable bonds is 8. The number of carbonyl (C=O) groups is 1. The topological polar surface area (TPSA) is 122 Å². The lowest BCUT2D eigenvalue weighted by Gasteiger charge is -2.39. The van der Waals surface area contributed by atoms with Crippen molar-refractivity contribution in [3.8, 4) is 22.6 Å². The number of hydrogen-bond donors (Lipinski definition) is 2. The molecule has 0 bridgehead atoms. The van der Waals surface area contributed by atoms with Crippen molar-refractivity contribution < 1.29 is 32.2 Å². The lowest BCUT2D eigenvalue weighted by molar-refractivity contribution is -0.159. The zero-order chi connectivity index (χ0) is 34.2. The fraction of sp³-hybridized carbons (Fsp3) is 0.515. The minimum Gasteiger partial charge on any atom is -0.448 e. The number of carbonyl (C=O) groups excluding carboxylic acids is 1. The first kappa shape index (κ1) is 34.1. The molecular weight excluding hydrogens is 649 g/mol. The number of piperidine rings is 1. The molecule has 0 saturated carbocycles. The Hall–Kier alpha value is -3.82. The van der Waals surface area contributed by atoms with Gasteiger partial charge in [0.25, 0.3) is 17.3 Å². The van der Waals surface area contributed by atoms with Crippen molar-refractivity contribution in [3.63, 3.8) is 0 Å². The number of H-pyrrole nitrogens is 1. The molecule has 0 unspecified atom stereocenters. The van der Waals surface area contributed by atoms with E-state index in [1.165, 1.54) is 16.7 Å². The van der Waals surface area contributed by atoms with Gasteiger partial charge in [0.05, 0.1) is 19.8 Å². The highest BCUT2D eigenvalue weighted by atomic mass is 32.2. The third-order valence-corrected chi connectivity index (χ3v) is 9.99. The fourth-order valence-electron chi connectivity index (χ4n) is 6.56. The summed E-state index contributed by atoms with van der Waals surface area (Å²) in [5.74, 6) is -0.411. The number of aryl methyl sites for hydroxylation is 1. The molecule has 3 aliphatic rings. The minimum absolute atomic E-state index is 0.0133. The third kappa shape index (κ3) is 7.13. The molecule has 6 rings (SSSR count). The van der Waals surface area contributed by atoms with Gasteiger partial charge in [-0.1, -0.05) is 0 Å². The average molecular weight is 689 g/mol. The Bertz CT molecular complexity index is 1720. The summed E-state index contributed by atoms with van der Waals surface area (Å²) in [7, 11) is 0. The quantitative estimate of drug-likeness (QED) is 0.322. The van der Waals surface area contributed by atoms with Crippen LogP contribution in [0.1, 0.15) is 46.9 Å². The molecule has 11 nitrogen and oxygen atoms in total. The lowest BCUT2D eigenvalue weighted by atomic mass is 9.89. The molecule has 3 aliphatic heterocycles. The summed E-state index contributed by atoms with van der Waals surface area (Å²) in [6.07, 6.45) is 1.85. The van der Waals surface area contributed by atoms with Crippen LogP contribution in [0.3, 0.4) is 0 Å². The fourth-order valence-corrected chi connectivity index (χ4v) is 7.26. The Kier molecular flexibility index (Phi) is 9.64. The van der Waals surface area contributed by atoms with Gasteiger partial charge in [-0.25, -0.2) is 9.97 Å². The Labute approximate surface area is 280 Å². The van der Waals surface area contributed by atoms with Crippen LogP contribution >= 0.6 is 11.8 Å². The summed E-state index contributed by atoms with van der Waals surface area (Å²) in [5.41, 5.74) is 2.93. The van der Waals surface area contributed by atoms with Gasteiger partial charge in [0.1, 0.15) is 0 Å². The van der Waals surface area contributed by atoms with E-state index >= 15 is 0 Å². The number of halogens is 3. The summed E-state index contributed by atoms with van der Waals surface area (Å²) < 4.78 is 57.7. The second-order valence-corrected chi connectivity index (χ2v) is 13.4. The molecule has 2 N–H and O–H groups in total. The molecule has 0 spiro atoms. The van der Waals surface area contributed by atoms with Gasteiger partial charge in [-0.2, -0.15) is 13.2 Å². The van der Waals surface area contributed by atoms with E-state index in [2.05, 4.69) is 20.3 Å². The number of likely N-dealkylation sites (tertiary alicyclic amines) is 1. The highest BCUT2D eigenvalue weighted by Crippen LogP contribution is 2.52. The second-order valence-electron chi connectivity index (χ2n) is 12.5. The molecule has 2 saturated heterocycles. The SMILES string of the molecule is CSc1cc(C)[nH]c(=O)c1CNC(=O)c1cc(-c2cnc(N3CCOCC3)nc2)c2c(c1C)O[C@](C)(C1CCN(CC(F)(F)F)CC1)O2. The molecule has 3 aromatic rings. The van der Waals surface area contributed by atoms with Crippen molar-refractivity contribution in [1.29, 1.82) is 0 Å². The summed E-state index contributed by atoms with van der Waals surface area (Å²) in [5, 5.41) is 2.90. The molecule has 0 aliphatic carbocycles. The molecule has 2 aromatic heterocycles. The predicted octanol–water partition coefficient (Wildman–Crippen LogP) is 4.70. The van der Waals surface area contributed by atoms with E-state index in [4.69, 9.17) is 14.2 Å². The number of fused-ring (bicyclic) bond motifs is 1. The zero-order valence-electron chi connectivity index (χ0n) is 27.3. The van der Waals surface area contributed by atoms with Crippen molar-refractivity contribution in [2.24, 2.45) is 5.92 Å². The van der Waals surface area contributed by atoms with Crippen LogP contribution in [0.5, 0.6) is 11.5 Å². The molecule has 1 atom stereocenters. The highest BCUT2D eigenvalue weighted by Gasteiger charge is 2.48. The number of nitrogens with zero attached hydrogens (tertiary/aromatic N) is 4. The molecule has 15 heteroatoms. The number of morpholine rings is 1. The number of amides is 1. The van der Waals surface area contributed by atoms with Crippen molar-refractivity contribution in [2.75, 3.05) is 57.1 Å². The number of thioether (sulfide) groups is 1. The first-order valence-corrected chi connectivity index (χ1v) is 17.1. The van der Waals surface area contributed by atoms with Crippen LogP contribution in [0.25, 0.3) is 11.1 Å². The van der Waals surface area contributed by atoms with E-state index in [9.17, 15) is 22.8 Å². The predicted molar refractivity (Wildman–Crippen MR) is 175 cm³/mol. The summed E-state index contributed by atoms with van der Waals surface area (Å²) in [4.78, 5) is 42.7. The first-order valence-electron chi connectivity index (χ1n) is 15.9. The molecule has 5 heterocycles. The average Bonchev–Trinajstić information content (AvgIpc) is 3.43.